The maximum atomic E-state index is 3.72. The zero-order valence-corrected chi connectivity index (χ0v) is 8.73. The molecule has 2 aliphatic rings. The van der Waals surface area contributed by atoms with Crippen molar-refractivity contribution in [2.75, 3.05) is 6.54 Å². The van der Waals surface area contributed by atoms with Gasteiger partial charge in [-0.1, -0.05) is 38.5 Å². The normalized spacial score (nSPS) is 25.8. The maximum absolute atomic E-state index is 3.72. The molecule has 0 bridgehead atoms. The predicted molar refractivity (Wildman–Crippen MR) is 56.8 cm³/mol. The highest BCUT2D eigenvalue weighted by atomic mass is 14.9. The van der Waals surface area contributed by atoms with Gasteiger partial charge in [0.15, 0.2) is 0 Å². The minimum atomic E-state index is 0.869. The highest BCUT2D eigenvalue weighted by Crippen LogP contribution is 2.29. The van der Waals surface area contributed by atoms with E-state index in [1.54, 1.807) is 0 Å². The summed E-state index contributed by atoms with van der Waals surface area (Å²) in [7, 11) is 0. The van der Waals surface area contributed by atoms with Crippen LogP contribution in [0.5, 0.6) is 0 Å². The van der Waals surface area contributed by atoms with Crippen molar-refractivity contribution in [1.82, 2.24) is 5.32 Å². The Morgan fingerprint density at radius 2 is 1.62 bits per heavy atom. The van der Waals surface area contributed by atoms with Gasteiger partial charge in [0.1, 0.15) is 0 Å². The van der Waals surface area contributed by atoms with Crippen molar-refractivity contribution in [2.24, 2.45) is 5.92 Å². The van der Waals surface area contributed by atoms with Gasteiger partial charge in [-0.15, -0.1) is 0 Å². The first-order chi connectivity index (χ1) is 6.45. The van der Waals surface area contributed by atoms with Crippen molar-refractivity contribution >= 4 is 0 Å². The first kappa shape index (κ1) is 9.51. The van der Waals surface area contributed by atoms with E-state index in [0.717, 1.165) is 12.0 Å². The van der Waals surface area contributed by atoms with Gasteiger partial charge in [0.05, 0.1) is 0 Å². The van der Waals surface area contributed by atoms with Crippen LogP contribution >= 0.6 is 0 Å². The SMILES string of the molecule is C1CCC(NCCC2CCC2)CC1. The lowest BCUT2D eigenvalue weighted by Crippen LogP contribution is -2.33. The lowest BCUT2D eigenvalue weighted by Gasteiger charge is -2.28. The largest absolute Gasteiger partial charge is 0.314 e. The van der Waals surface area contributed by atoms with Crippen LogP contribution < -0.4 is 5.32 Å². The summed E-state index contributed by atoms with van der Waals surface area (Å²) in [4.78, 5) is 0. The molecule has 0 aromatic heterocycles. The second-order valence-electron chi connectivity index (χ2n) is 4.87. The van der Waals surface area contributed by atoms with Gasteiger partial charge < -0.3 is 5.32 Å². The number of hydrogen-bond donors (Lipinski definition) is 1. The molecule has 0 aromatic rings. The van der Waals surface area contributed by atoms with Gasteiger partial charge in [-0.05, 0) is 31.7 Å². The van der Waals surface area contributed by atoms with Crippen LogP contribution in [0.15, 0.2) is 0 Å². The van der Waals surface area contributed by atoms with E-state index in [0.29, 0.717) is 0 Å². The summed E-state index contributed by atoms with van der Waals surface area (Å²) in [6.45, 7) is 1.29. The monoisotopic (exact) mass is 181 g/mol. The molecular weight excluding hydrogens is 158 g/mol. The Balaban J connectivity index is 1.50. The molecule has 0 radical (unpaired) electrons. The number of hydrogen-bond acceptors (Lipinski definition) is 1. The molecule has 2 rings (SSSR count). The van der Waals surface area contributed by atoms with Crippen LogP contribution in [0, 0.1) is 5.92 Å². The average Bonchev–Trinajstić information content (AvgIpc) is 2.11. The van der Waals surface area contributed by atoms with Crippen molar-refractivity contribution in [3.8, 4) is 0 Å². The zero-order chi connectivity index (χ0) is 8.93. The summed E-state index contributed by atoms with van der Waals surface area (Å²) in [5, 5.41) is 3.72. The molecule has 0 spiro atoms. The summed E-state index contributed by atoms with van der Waals surface area (Å²) in [6, 6.07) is 0.869. The molecule has 0 amide bonds. The first-order valence-corrected chi connectivity index (χ1v) is 6.18. The van der Waals surface area contributed by atoms with Crippen LogP contribution in [0.25, 0.3) is 0 Å². The van der Waals surface area contributed by atoms with Crippen LogP contribution in [0.4, 0.5) is 0 Å². The number of rotatable bonds is 4. The summed E-state index contributed by atoms with van der Waals surface area (Å²) < 4.78 is 0. The zero-order valence-electron chi connectivity index (χ0n) is 8.73. The van der Waals surface area contributed by atoms with E-state index in [4.69, 9.17) is 0 Å². The van der Waals surface area contributed by atoms with Crippen molar-refractivity contribution < 1.29 is 0 Å². The second-order valence-corrected chi connectivity index (χ2v) is 4.87. The second kappa shape index (κ2) is 4.99. The molecule has 76 valence electrons. The van der Waals surface area contributed by atoms with Gasteiger partial charge in [0, 0.05) is 6.04 Å². The van der Waals surface area contributed by atoms with Crippen LogP contribution in [-0.2, 0) is 0 Å². The molecule has 2 fully saturated rings. The lowest BCUT2D eigenvalue weighted by atomic mass is 9.83. The Bertz CT molecular complexity index is 134. The Hall–Kier alpha value is -0.0400. The van der Waals surface area contributed by atoms with Gasteiger partial charge >= 0.3 is 0 Å². The van der Waals surface area contributed by atoms with Crippen molar-refractivity contribution in [3.05, 3.63) is 0 Å². The van der Waals surface area contributed by atoms with E-state index in [1.165, 1.54) is 64.3 Å². The van der Waals surface area contributed by atoms with Gasteiger partial charge in [-0.25, -0.2) is 0 Å². The van der Waals surface area contributed by atoms with Crippen molar-refractivity contribution in [1.29, 1.82) is 0 Å². The smallest absolute Gasteiger partial charge is 0.00670 e. The van der Waals surface area contributed by atoms with E-state index >= 15 is 0 Å². The maximum Gasteiger partial charge on any atom is 0.00670 e. The Morgan fingerprint density at radius 1 is 0.846 bits per heavy atom. The summed E-state index contributed by atoms with van der Waals surface area (Å²) in [6.07, 6.45) is 13.2. The molecule has 0 aliphatic heterocycles. The molecule has 13 heavy (non-hydrogen) atoms. The molecule has 1 N–H and O–H groups in total. The van der Waals surface area contributed by atoms with Crippen molar-refractivity contribution in [3.63, 3.8) is 0 Å². The van der Waals surface area contributed by atoms with Gasteiger partial charge in [0.25, 0.3) is 0 Å². The van der Waals surface area contributed by atoms with E-state index < -0.39 is 0 Å². The molecule has 2 aliphatic carbocycles. The Kier molecular flexibility index (Phi) is 3.65. The van der Waals surface area contributed by atoms with E-state index in [-0.39, 0.29) is 0 Å². The minimum absolute atomic E-state index is 0.869. The third-order valence-electron chi connectivity index (χ3n) is 3.82. The minimum Gasteiger partial charge on any atom is -0.314 e. The van der Waals surface area contributed by atoms with E-state index in [2.05, 4.69) is 5.32 Å². The molecule has 0 atom stereocenters. The van der Waals surface area contributed by atoms with Crippen LogP contribution in [-0.4, -0.2) is 12.6 Å². The standard InChI is InChI=1S/C12H23N/c1-2-7-12(8-3-1)13-10-9-11-5-4-6-11/h11-13H,1-10H2. The third kappa shape index (κ3) is 2.98. The highest BCUT2D eigenvalue weighted by molar-refractivity contribution is 4.74. The quantitative estimate of drug-likeness (QED) is 0.702. The van der Waals surface area contributed by atoms with Crippen LogP contribution in [0.2, 0.25) is 0 Å². The molecule has 2 saturated carbocycles. The summed E-state index contributed by atoms with van der Waals surface area (Å²) in [5.74, 6) is 1.08. The molecule has 1 heteroatoms. The fourth-order valence-corrected chi connectivity index (χ4v) is 2.58. The Labute approximate surface area is 82.3 Å². The van der Waals surface area contributed by atoms with Gasteiger partial charge in [0.2, 0.25) is 0 Å². The molecule has 1 nitrogen and oxygen atoms in total. The third-order valence-corrected chi connectivity index (χ3v) is 3.82. The topological polar surface area (TPSA) is 12.0 Å². The Morgan fingerprint density at radius 3 is 2.23 bits per heavy atom. The predicted octanol–water partition coefficient (Wildman–Crippen LogP) is 3.10. The molecule has 0 aromatic carbocycles. The van der Waals surface area contributed by atoms with E-state index in [1.807, 2.05) is 0 Å². The lowest BCUT2D eigenvalue weighted by molar-refractivity contribution is 0.278. The number of nitrogens with one attached hydrogen (secondary N) is 1. The fourth-order valence-electron chi connectivity index (χ4n) is 2.58. The fraction of sp³-hybridized carbons (Fsp3) is 1.00. The molecule has 0 saturated heterocycles. The summed E-state index contributed by atoms with van der Waals surface area (Å²) in [5.41, 5.74) is 0. The molecule has 0 unspecified atom stereocenters. The average molecular weight is 181 g/mol. The van der Waals surface area contributed by atoms with Crippen LogP contribution in [0.3, 0.4) is 0 Å². The van der Waals surface area contributed by atoms with E-state index in [9.17, 15) is 0 Å². The van der Waals surface area contributed by atoms with Gasteiger partial charge in [-0.2, -0.15) is 0 Å². The van der Waals surface area contributed by atoms with Crippen molar-refractivity contribution in [2.45, 2.75) is 63.8 Å². The highest BCUT2D eigenvalue weighted by Gasteiger charge is 2.17. The molecule has 0 heterocycles. The molecular formula is C12H23N. The summed E-state index contributed by atoms with van der Waals surface area (Å²) >= 11 is 0. The van der Waals surface area contributed by atoms with Gasteiger partial charge in [-0.3, -0.25) is 0 Å². The van der Waals surface area contributed by atoms with Crippen LogP contribution in [0.1, 0.15) is 57.8 Å². The first-order valence-electron chi connectivity index (χ1n) is 6.18.